The third kappa shape index (κ3) is 2.50. The molecule has 1 aliphatic rings. The summed E-state index contributed by atoms with van der Waals surface area (Å²) in [5.41, 5.74) is 5.95. The highest BCUT2D eigenvalue weighted by Crippen LogP contribution is 2.44. The molecule has 98 valence electrons. The third-order valence-corrected chi connectivity index (χ3v) is 4.12. The van der Waals surface area contributed by atoms with Crippen molar-refractivity contribution in [2.45, 2.75) is 51.0 Å². The Labute approximate surface area is 110 Å². The number of hydrogen-bond acceptors (Lipinski definition) is 2. The van der Waals surface area contributed by atoms with Crippen molar-refractivity contribution in [2.24, 2.45) is 5.84 Å². The van der Waals surface area contributed by atoms with Crippen LogP contribution in [0.1, 0.15) is 45.1 Å². The average molecular weight is 244 g/mol. The van der Waals surface area contributed by atoms with E-state index in [4.69, 9.17) is 5.84 Å². The van der Waals surface area contributed by atoms with E-state index in [-0.39, 0.29) is 11.5 Å². The minimum atomic E-state index is 0.174. The lowest BCUT2D eigenvalue weighted by atomic mass is 9.72. The molecule has 0 bridgehead atoms. The Morgan fingerprint density at radius 3 is 2.33 bits per heavy atom. The molecule has 0 radical (unpaired) electrons. The monoisotopic (exact) mass is 244 g/mol. The maximum Gasteiger partial charge on any atom is 0.0489 e. The van der Waals surface area contributed by atoms with Crippen LogP contribution in [0.4, 0.5) is 0 Å². The number of rotatable bonds is 4. The van der Waals surface area contributed by atoms with E-state index in [1.54, 1.807) is 0 Å². The van der Waals surface area contributed by atoms with Crippen molar-refractivity contribution in [2.75, 3.05) is 0 Å². The molecule has 2 heteroatoms. The van der Waals surface area contributed by atoms with Crippen LogP contribution in [-0.4, -0.2) is 6.04 Å². The van der Waals surface area contributed by atoms with E-state index in [1.807, 2.05) is 0 Å². The zero-order chi connectivity index (χ0) is 13.0. The Hall–Kier alpha value is -1.12. The van der Waals surface area contributed by atoms with Crippen LogP contribution in [0.5, 0.6) is 0 Å². The Bertz CT molecular complexity index is 398. The first-order valence-corrected chi connectivity index (χ1v) is 6.86. The largest absolute Gasteiger partial charge is 0.271 e. The molecule has 1 aromatic rings. The molecular formula is C16H24N2. The summed E-state index contributed by atoms with van der Waals surface area (Å²) in [5, 5.41) is 0. The van der Waals surface area contributed by atoms with E-state index < -0.39 is 0 Å². The van der Waals surface area contributed by atoms with Crippen molar-refractivity contribution in [1.82, 2.24) is 5.43 Å². The third-order valence-electron chi connectivity index (χ3n) is 4.12. The summed E-state index contributed by atoms with van der Waals surface area (Å²) in [5.74, 6) is 5.83. The molecule has 18 heavy (non-hydrogen) atoms. The summed E-state index contributed by atoms with van der Waals surface area (Å²) in [6.45, 7) is 4.27. The molecule has 0 spiro atoms. The Balaban J connectivity index is 2.40. The van der Waals surface area contributed by atoms with Crippen molar-refractivity contribution in [3.63, 3.8) is 0 Å². The zero-order valence-corrected chi connectivity index (χ0v) is 11.4. The van der Waals surface area contributed by atoms with Crippen molar-refractivity contribution >= 4 is 0 Å². The van der Waals surface area contributed by atoms with E-state index >= 15 is 0 Å². The molecular weight excluding hydrogens is 220 g/mol. The summed E-state index contributed by atoms with van der Waals surface area (Å²) in [6, 6.07) is 11.1. The van der Waals surface area contributed by atoms with Gasteiger partial charge in [0.25, 0.3) is 0 Å². The maximum atomic E-state index is 5.83. The molecule has 0 aliphatic heterocycles. The first kappa shape index (κ1) is 13.3. The Kier molecular flexibility index (Phi) is 4.20. The second kappa shape index (κ2) is 5.68. The molecule has 1 saturated carbocycles. The van der Waals surface area contributed by atoms with Crippen molar-refractivity contribution in [1.29, 1.82) is 0 Å². The lowest BCUT2D eigenvalue weighted by molar-refractivity contribution is 0.343. The van der Waals surface area contributed by atoms with Gasteiger partial charge in [0.1, 0.15) is 0 Å². The summed E-state index contributed by atoms with van der Waals surface area (Å²) in [7, 11) is 0. The fraction of sp³-hybridized carbons (Fsp3) is 0.500. The number of nitrogens with two attached hydrogens (primary N) is 1. The van der Waals surface area contributed by atoms with Gasteiger partial charge < -0.3 is 0 Å². The van der Waals surface area contributed by atoms with Crippen LogP contribution in [0.15, 0.2) is 42.0 Å². The van der Waals surface area contributed by atoms with E-state index in [0.717, 1.165) is 0 Å². The van der Waals surface area contributed by atoms with Gasteiger partial charge in [0.2, 0.25) is 0 Å². The van der Waals surface area contributed by atoms with Gasteiger partial charge in [-0.05, 0) is 32.3 Å². The molecule has 1 aliphatic carbocycles. The molecule has 0 amide bonds. The summed E-state index contributed by atoms with van der Waals surface area (Å²) < 4.78 is 0. The maximum absolute atomic E-state index is 5.83. The zero-order valence-electron chi connectivity index (χ0n) is 11.4. The fourth-order valence-corrected chi connectivity index (χ4v) is 3.26. The quantitative estimate of drug-likeness (QED) is 0.484. The highest BCUT2D eigenvalue weighted by atomic mass is 15.2. The van der Waals surface area contributed by atoms with Gasteiger partial charge in [-0.1, -0.05) is 54.8 Å². The van der Waals surface area contributed by atoms with Gasteiger partial charge in [-0.25, -0.2) is 0 Å². The second-order valence-electron chi connectivity index (χ2n) is 5.62. The van der Waals surface area contributed by atoms with Gasteiger partial charge >= 0.3 is 0 Å². The van der Waals surface area contributed by atoms with Crippen LogP contribution >= 0.6 is 0 Å². The molecule has 2 nitrogen and oxygen atoms in total. The highest BCUT2D eigenvalue weighted by molar-refractivity contribution is 5.31. The molecule has 1 atom stereocenters. The highest BCUT2D eigenvalue weighted by Gasteiger charge is 2.41. The molecule has 2 rings (SSSR count). The van der Waals surface area contributed by atoms with E-state index in [9.17, 15) is 0 Å². The first-order valence-electron chi connectivity index (χ1n) is 6.86. The number of hydrazine groups is 1. The standard InChI is InChI=1S/C16H24N2/c1-13(2)12-15(18-17)16(10-6-7-11-16)14-8-4-3-5-9-14/h3-5,8-9,12,15,18H,6-7,10-11,17H2,1-2H3. The minimum absolute atomic E-state index is 0.174. The van der Waals surface area contributed by atoms with Crippen LogP contribution in [0, 0.1) is 0 Å². The van der Waals surface area contributed by atoms with Gasteiger partial charge in [0.15, 0.2) is 0 Å². The summed E-state index contributed by atoms with van der Waals surface area (Å²) >= 11 is 0. The lowest BCUT2D eigenvalue weighted by Crippen LogP contribution is -2.49. The van der Waals surface area contributed by atoms with E-state index in [1.165, 1.54) is 36.8 Å². The van der Waals surface area contributed by atoms with Crippen LogP contribution in [0.2, 0.25) is 0 Å². The number of nitrogens with one attached hydrogen (secondary N) is 1. The van der Waals surface area contributed by atoms with Crippen molar-refractivity contribution in [3.8, 4) is 0 Å². The van der Waals surface area contributed by atoms with Crippen molar-refractivity contribution in [3.05, 3.63) is 47.5 Å². The van der Waals surface area contributed by atoms with Crippen LogP contribution in [0.3, 0.4) is 0 Å². The average Bonchev–Trinajstić information content (AvgIpc) is 2.87. The number of benzene rings is 1. The van der Waals surface area contributed by atoms with Crippen LogP contribution < -0.4 is 11.3 Å². The predicted molar refractivity (Wildman–Crippen MR) is 77.1 cm³/mol. The van der Waals surface area contributed by atoms with E-state index in [2.05, 4.69) is 55.7 Å². The predicted octanol–water partition coefficient (Wildman–Crippen LogP) is 3.30. The smallest absolute Gasteiger partial charge is 0.0489 e. The van der Waals surface area contributed by atoms with E-state index in [0.29, 0.717) is 0 Å². The summed E-state index contributed by atoms with van der Waals surface area (Å²) in [6.07, 6.45) is 7.30. The molecule has 1 fully saturated rings. The Morgan fingerprint density at radius 1 is 1.22 bits per heavy atom. The minimum Gasteiger partial charge on any atom is -0.271 e. The number of allylic oxidation sites excluding steroid dienone is 1. The molecule has 1 unspecified atom stereocenters. The van der Waals surface area contributed by atoms with Gasteiger partial charge in [-0.2, -0.15) is 0 Å². The van der Waals surface area contributed by atoms with Gasteiger partial charge in [-0.15, -0.1) is 0 Å². The fourth-order valence-electron chi connectivity index (χ4n) is 3.26. The molecule has 0 aromatic heterocycles. The SMILES string of the molecule is CC(C)=CC(NN)C1(c2ccccc2)CCCC1. The van der Waals surface area contributed by atoms with Crippen molar-refractivity contribution < 1.29 is 0 Å². The molecule has 0 saturated heterocycles. The molecule has 1 aromatic carbocycles. The van der Waals surface area contributed by atoms with Crippen LogP contribution in [0.25, 0.3) is 0 Å². The topological polar surface area (TPSA) is 38.0 Å². The van der Waals surface area contributed by atoms with Crippen LogP contribution in [-0.2, 0) is 5.41 Å². The van der Waals surface area contributed by atoms with Gasteiger partial charge in [0, 0.05) is 11.5 Å². The van der Waals surface area contributed by atoms with Gasteiger partial charge in [0.05, 0.1) is 0 Å². The molecule has 0 heterocycles. The normalized spacial score (nSPS) is 19.5. The second-order valence-corrected chi connectivity index (χ2v) is 5.62. The lowest BCUT2D eigenvalue weighted by Gasteiger charge is -2.36. The molecule has 3 N–H and O–H groups in total. The first-order chi connectivity index (χ1) is 8.69. The number of hydrogen-bond donors (Lipinski definition) is 2. The van der Waals surface area contributed by atoms with Gasteiger partial charge in [-0.3, -0.25) is 11.3 Å². The Morgan fingerprint density at radius 2 is 1.83 bits per heavy atom. The summed E-state index contributed by atoms with van der Waals surface area (Å²) in [4.78, 5) is 0.